The lowest BCUT2D eigenvalue weighted by Crippen LogP contribution is -2.52. The van der Waals surface area contributed by atoms with Crippen LogP contribution in [-0.2, 0) is 14.6 Å². The third-order valence-electron chi connectivity index (χ3n) is 4.80. The van der Waals surface area contributed by atoms with E-state index in [2.05, 4.69) is 15.3 Å². The second-order valence-corrected chi connectivity index (χ2v) is 9.57. The number of carbonyl (C=O) groups excluding carboxylic acids is 1. The molecule has 0 bridgehead atoms. The van der Waals surface area contributed by atoms with Gasteiger partial charge in [0.2, 0.25) is 5.82 Å². The van der Waals surface area contributed by atoms with Gasteiger partial charge >= 0.3 is 0 Å². The van der Waals surface area contributed by atoms with Crippen LogP contribution in [0.4, 0.5) is 8.78 Å². The number of aromatic nitrogens is 2. The summed E-state index contributed by atoms with van der Waals surface area (Å²) in [5, 5.41) is 3.52. The van der Waals surface area contributed by atoms with E-state index in [0.717, 1.165) is 11.7 Å². The van der Waals surface area contributed by atoms with Gasteiger partial charge in [0.1, 0.15) is 5.82 Å². The number of hydrogen-bond donors (Lipinski definition) is 1. The van der Waals surface area contributed by atoms with Gasteiger partial charge in [0, 0.05) is 23.3 Å². The van der Waals surface area contributed by atoms with Gasteiger partial charge in [-0.25, -0.2) is 27.2 Å². The lowest BCUT2D eigenvalue weighted by Gasteiger charge is -2.40. The van der Waals surface area contributed by atoms with E-state index in [1.807, 2.05) is 0 Å². The van der Waals surface area contributed by atoms with E-state index in [0.29, 0.717) is 5.56 Å². The Bertz CT molecular complexity index is 1120. The van der Waals surface area contributed by atoms with Crippen molar-refractivity contribution >= 4 is 15.7 Å². The number of ether oxygens (including phenoxy) is 2. The molecule has 0 spiro atoms. The van der Waals surface area contributed by atoms with Crippen molar-refractivity contribution in [2.45, 2.75) is 31.7 Å². The predicted molar refractivity (Wildman–Crippen MR) is 112 cm³/mol. The predicted octanol–water partition coefficient (Wildman–Crippen LogP) is 2.46. The highest BCUT2D eigenvalue weighted by atomic mass is 32.2. The van der Waals surface area contributed by atoms with Crippen LogP contribution in [0.1, 0.15) is 34.8 Å². The monoisotopic (exact) mass is 467 g/mol. The van der Waals surface area contributed by atoms with Gasteiger partial charge in [-0.2, -0.15) is 0 Å². The standard InChI is InChI=1S/C21H23F2N3O5S/c1-13(7-8-32(3,28)29)26-20(27)19-24-9-15(10-25-19)31-18(21(23)11-30-12-21)16-5-4-6-17(22)14(16)2/h4-10,13,18H,11-12H2,1-3H3,(H,26,27)/b8-7+/t13-,18-/m1/s1. The molecule has 1 saturated heterocycles. The molecule has 1 fully saturated rings. The molecule has 32 heavy (non-hydrogen) atoms. The van der Waals surface area contributed by atoms with Crippen molar-refractivity contribution in [2.24, 2.45) is 0 Å². The molecule has 0 radical (unpaired) electrons. The van der Waals surface area contributed by atoms with Crippen LogP contribution in [0.3, 0.4) is 0 Å². The maximum atomic E-state index is 15.2. The summed E-state index contributed by atoms with van der Waals surface area (Å²) in [6, 6.07) is 3.75. The van der Waals surface area contributed by atoms with E-state index < -0.39 is 39.4 Å². The molecule has 11 heteroatoms. The normalized spacial score (nSPS) is 17.4. The fourth-order valence-corrected chi connectivity index (χ4v) is 3.54. The first-order chi connectivity index (χ1) is 15.0. The Kier molecular flexibility index (Phi) is 6.89. The summed E-state index contributed by atoms with van der Waals surface area (Å²) in [6.07, 6.45) is 3.62. The second-order valence-electron chi connectivity index (χ2n) is 7.64. The van der Waals surface area contributed by atoms with Crippen LogP contribution in [0.5, 0.6) is 5.75 Å². The molecule has 2 atom stereocenters. The van der Waals surface area contributed by atoms with Crippen molar-refractivity contribution in [3.05, 3.63) is 64.8 Å². The van der Waals surface area contributed by atoms with Crippen LogP contribution >= 0.6 is 0 Å². The molecule has 172 valence electrons. The second kappa shape index (κ2) is 9.29. The zero-order chi connectivity index (χ0) is 23.5. The van der Waals surface area contributed by atoms with Crippen LogP contribution in [0.25, 0.3) is 0 Å². The summed E-state index contributed by atoms with van der Waals surface area (Å²) in [5.74, 6) is -1.21. The highest BCUT2D eigenvalue weighted by molar-refractivity contribution is 7.93. The Morgan fingerprint density at radius 1 is 1.31 bits per heavy atom. The first kappa shape index (κ1) is 23.7. The summed E-state index contributed by atoms with van der Waals surface area (Å²) in [4.78, 5) is 20.1. The lowest BCUT2D eigenvalue weighted by atomic mass is 9.88. The minimum absolute atomic E-state index is 0.0872. The van der Waals surface area contributed by atoms with E-state index in [1.54, 1.807) is 13.0 Å². The first-order valence-electron chi connectivity index (χ1n) is 9.68. The van der Waals surface area contributed by atoms with Gasteiger partial charge in [-0.15, -0.1) is 0 Å². The van der Waals surface area contributed by atoms with Crippen molar-refractivity contribution in [3.63, 3.8) is 0 Å². The van der Waals surface area contributed by atoms with Gasteiger partial charge in [-0.1, -0.05) is 18.2 Å². The summed E-state index contributed by atoms with van der Waals surface area (Å²) in [7, 11) is -3.32. The molecule has 1 aliphatic rings. The molecule has 0 unspecified atom stereocenters. The number of rotatable bonds is 8. The van der Waals surface area contributed by atoms with E-state index >= 15 is 4.39 Å². The van der Waals surface area contributed by atoms with Crippen LogP contribution in [-0.4, -0.2) is 55.5 Å². The molecule has 1 aromatic heterocycles. The third-order valence-corrected chi connectivity index (χ3v) is 5.46. The fourth-order valence-electron chi connectivity index (χ4n) is 3.01. The molecule has 2 heterocycles. The van der Waals surface area contributed by atoms with Gasteiger partial charge in [0.05, 0.1) is 25.6 Å². The average Bonchev–Trinajstić information content (AvgIpc) is 2.71. The van der Waals surface area contributed by atoms with Crippen molar-refractivity contribution in [3.8, 4) is 5.75 Å². The van der Waals surface area contributed by atoms with E-state index in [9.17, 15) is 17.6 Å². The van der Waals surface area contributed by atoms with Crippen molar-refractivity contribution < 1.29 is 31.5 Å². The van der Waals surface area contributed by atoms with Gasteiger partial charge in [-0.05, 0) is 25.5 Å². The van der Waals surface area contributed by atoms with E-state index in [4.69, 9.17) is 9.47 Å². The Morgan fingerprint density at radius 2 is 1.97 bits per heavy atom. The number of sulfone groups is 1. The smallest absolute Gasteiger partial charge is 0.289 e. The van der Waals surface area contributed by atoms with Crippen LogP contribution in [0, 0.1) is 12.7 Å². The van der Waals surface area contributed by atoms with Gasteiger partial charge < -0.3 is 14.8 Å². The SMILES string of the molecule is Cc1c(F)cccc1[C@@H](Oc1cnc(C(=O)N[C@H](C)/C=C/S(C)(=O)=O)nc1)C1(F)COC1. The van der Waals surface area contributed by atoms with E-state index in [-0.39, 0.29) is 30.4 Å². The maximum absolute atomic E-state index is 15.2. The summed E-state index contributed by atoms with van der Waals surface area (Å²) < 4.78 is 62.4. The van der Waals surface area contributed by atoms with Crippen molar-refractivity contribution in [1.82, 2.24) is 15.3 Å². The van der Waals surface area contributed by atoms with E-state index in [1.165, 1.54) is 37.5 Å². The number of nitrogens with zero attached hydrogens (tertiary/aromatic N) is 2. The molecule has 1 amide bonds. The fraction of sp³-hybridized carbons (Fsp3) is 0.381. The van der Waals surface area contributed by atoms with Crippen LogP contribution in [0.15, 0.2) is 42.1 Å². The van der Waals surface area contributed by atoms with Crippen molar-refractivity contribution in [2.75, 3.05) is 19.5 Å². The van der Waals surface area contributed by atoms with Crippen molar-refractivity contribution in [1.29, 1.82) is 0 Å². The Labute approximate surface area is 184 Å². The molecule has 0 aliphatic carbocycles. The number of benzene rings is 1. The molecule has 1 aromatic carbocycles. The number of carbonyl (C=O) groups is 1. The van der Waals surface area contributed by atoms with Crippen LogP contribution in [0.2, 0.25) is 0 Å². The summed E-state index contributed by atoms with van der Waals surface area (Å²) in [5.41, 5.74) is -1.26. The molecular weight excluding hydrogens is 444 g/mol. The molecule has 1 aliphatic heterocycles. The molecule has 8 nitrogen and oxygen atoms in total. The molecule has 2 aromatic rings. The largest absolute Gasteiger partial charge is 0.479 e. The first-order valence-corrected chi connectivity index (χ1v) is 11.6. The Hall–Kier alpha value is -2.92. The Balaban J connectivity index is 1.75. The topological polar surface area (TPSA) is 107 Å². The lowest BCUT2D eigenvalue weighted by molar-refractivity contribution is -0.178. The van der Waals surface area contributed by atoms with Crippen LogP contribution < -0.4 is 10.1 Å². The molecular formula is C21H23F2N3O5S. The minimum atomic E-state index is -3.32. The quantitative estimate of drug-likeness (QED) is 0.635. The highest BCUT2D eigenvalue weighted by Crippen LogP contribution is 2.40. The number of amides is 1. The number of alkyl halides is 1. The zero-order valence-corrected chi connectivity index (χ0v) is 18.5. The number of nitrogens with one attached hydrogen (secondary N) is 1. The molecule has 3 rings (SSSR count). The number of halogens is 2. The molecule has 1 N–H and O–H groups in total. The molecule has 0 saturated carbocycles. The maximum Gasteiger partial charge on any atom is 0.289 e. The minimum Gasteiger partial charge on any atom is -0.479 e. The Morgan fingerprint density at radius 3 is 2.53 bits per heavy atom. The number of hydrogen-bond acceptors (Lipinski definition) is 7. The summed E-state index contributed by atoms with van der Waals surface area (Å²) >= 11 is 0. The zero-order valence-electron chi connectivity index (χ0n) is 17.7. The third kappa shape index (κ3) is 5.65. The average molecular weight is 467 g/mol. The van der Waals surface area contributed by atoms with Gasteiger partial charge in [0.25, 0.3) is 5.91 Å². The highest BCUT2D eigenvalue weighted by Gasteiger charge is 2.49. The van der Waals surface area contributed by atoms with Gasteiger partial charge in [0.15, 0.2) is 27.4 Å². The van der Waals surface area contributed by atoms with Gasteiger partial charge in [-0.3, -0.25) is 4.79 Å². The summed E-state index contributed by atoms with van der Waals surface area (Å²) in [6.45, 7) is 2.72.